The fourth-order valence-electron chi connectivity index (χ4n) is 4.33. The standard InChI is InChI=1S/C23H30ClN3O3/c24-19-8-4-5-9-21(19)29-12-10-18-15-20(26-25-18)22-16-27(11-13-30-22)23(28)14-17-6-2-1-3-7-17/h4-5,8-9,15,17,22H,1-3,6-7,10-14,16H2,(H,25,26). The molecule has 1 aliphatic carbocycles. The van der Waals surface area contributed by atoms with Gasteiger partial charge in [0.25, 0.3) is 0 Å². The molecule has 7 heteroatoms. The summed E-state index contributed by atoms with van der Waals surface area (Å²) in [6.45, 7) is 2.30. The molecule has 2 heterocycles. The molecule has 2 aliphatic rings. The molecule has 30 heavy (non-hydrogen) atoms. The smallest absolute Gasteiger partial charge is 0.223 e. The van der Waals surface area contributed by atoms with E-state index in [2.05, 4.69) is 10.2 Å². The van der Waals surface area contributed by atoms with Crippen molar-refractivity contribution in [1.82, 2.24) is 15.1 Å². The van der Waals surface area contributed by atoms with Crippen LogP contribution in [0.15, 0.2) is 30.3 Å². The van der Waals surface area contributed by atoms with Gasteiger partial charge in [0, 0.05) is 25.1 Å². The first-order valence-electron chi connectivity index (χ1n) is 11.0. The molecule has 1 saturated heterocycles. The molecule has 1 N–H and O–H groups in total. The number of morpholine rings is 1. The Bertz CT molecular complexity index is 835. The number of benzene rings is 1. The zero-order valence-corrected chi connectivity index (χ0v) is 18.1. The quantitative estimate of drug-likeness (QED) is 0.698. The van der Waals surface area contributed by atoms with Crippen molar-refractivity contribution >= 4 is 17.5 Å². The largest absolute Gasteiger partial charge is 0.492 e. The van der Waals surface area contributed by atoms with Crippen LogP contribution >= 0.6 is 11.6 Å². The molecule has 1 amide bonds. The average Bonchev–Trinajstić information content (AvgIpc) is 3.25. The van der Waals surface area contributed by atoms with Gasteiger partial charge in [-0.2, -0.15) is 5.10 Å². The molecule has 0 radical (unpaired) electrons. The summed E-state index contributed by atoms with van der Waals surface area (Å²) in [5.41, 5.74) is 1.82. The Morgan fingerprint density at radius 1 is 1.27 bits per heavy atom. The highest BCUT2D eigenvalue weighted by atomic mass is 35.5. The topological polar surface area (TPSA) is 67.5 Å². The van der Waals surface area contributed by atoms with Crippen LogP contribution < -0.4 is 4.74 Å². The number of aromatic nitrogens is 2. The van der Waals surface area contributed by atoms with Crippen LogP contribution in [0.5, 0.6) is 5.75 Å². The number of H-pyrrole nitrogens is 1. The molecular formula is C23H30ClN3O3. The number of nitrogens with one attached hydrogen (secondary N) is 1. The van der Waals surface area contributed by atoms with E-state index in [0.29, 0.717) is 55.8 Å². The summed E-state index contributed by atoms with van der Waals surface area (Å²) in [4.78, 5) is 14.7. The molecule has 4 rings (SSSR count). The number of carbonyl (C=O) groups excluding carboxylic acids is 1. The molecule has 162 valence electrons. The third-order valence-corrected chi connectivity index (χ3v) is 6.37. The Kier molecular flexibility index (Phi) is 7.28. The summed E-state index contributed by atoms with van der Waals surface area (Å²) in [7, 11) is 0. The number of carbonyl (C=O) groups is 1. The number of ether oxygens (including phenoxy) is 2. The predicted molar refractivity (Wildman–Crippen MR) is 116 cm³/mol. The summed E-state index contributed by atoms with van der Waals surface area (Å²) >= 11 is 6.12. The van der Waals surface area contributed by atoms with E-state index in [0.717, 1.165) is 11.4 Å². The molecule has 1 aliphatic heterocycles. The van der Waals surface area contributed by atoms with Gasteiger partial charge in [0.15, 0.2) is 0 Å². The Hall–Kier alpha value is -2.05. The minimum absolute atomic E-state index is 0.177. The van der Waals surface area contributed by atoms with Crippen molar-refractivity contribution in [2.24, 2.45) is 5.92 Å². The summed E-state index contributed by atoms with van der Waals surface area (Å²) in [5, 5.41) is 8.10. The lowest BCUT2D eigenvalue weighted by Gasteiger charge is -2.33. The molecule has 2 fully saturated rings. The van der Waals surface area contributed by atoms with Gasteiger partial charge in [0.1, 0.15) is 11.9 Å². The highest BCUT2D eigenvalue weighted by Gasteiger charge is 2.28. The van der Waals surface area contributed by atoms with E-state index >= 15 is 0 Å². The van der Waals surface area contributed by atoms with E-state index in [1.54, 1.807) is 0 Å². The second-order valence-corrected chi connectivity index (χ2v) is 8.66. The maximum Gasteiger partial charge on any atom is 0.223 e. The van der Waals surface area contributed by atoms with Crippen LogP contribution in [0.25, 0.3) is 0 Å². The maximum absolute atomic E-state index is 12.8. The van der Waals surface area contributed by atoms with Crippen molar-refractivity contribution < 1.29 is 14.3 Å². The molecule has 1 aromatic heterocycles. The zero-order valence-electron chi connectivity index (χ0n) is 17.3. The van der Waals surface area contributed by atoms with E-state index in [1.807, 2.05) is 35.2 Å². The lowest BCUT2D eigenvalue weighted by atomic mass is 9.86. The minimum atomic E-state index is -0.177. The third kappa shape index (κ3) is 5.55. The van der Waals surface area contributed by atoms with Crippen LogP contribution in [0.3, 0.4) is 0 Å². The second-order valence-electron chi connectivity index (χ2n) is 8.25. The lowest BCUT2D eigenvalue weighted by molar-refractivity contribution is -0.140. The van der Waals surface area contributed by atoms with Crippen molar-refractivity contribution in [1.29, 1.82) is 0 Å². The summed E-state index contributed by atoms with van der Waals surface area (Å²) < 4.78 is 11.7. The Balaban J connectivity index is 1.27. The van der Waals surface area contributed by atoms with Gasteiger partial charge in [0.2, 0.25) is 5.91 Å². The normalized spacial score (nSPS) is 20.3. The van der Waals surface area contributed by atoms with Gasteiger partial charge in [-0.1, -0.05) is 43.0 Å². The van der Waals surface area contributed by atoms with Crippen molar-refractivity contribution in [2.75, 3.05) is 26.3 Å². The summed E-state index contributed by atoms with van der Waals surface area (Å²) in [5.74, 6) is 1.50. The second kappa shape index (κ2) is 10.3. The monoisotopic (exact) mass is 431 g/mol. The van der Waals surface area contributed by atoms with Crippen LogP contribution in [0, 0.1) is 5.92 Å². The molecule has 2 aromatic rings. The highest BCUT2D eigenvalue weighted by Crippen LogP contribution is 2.28. The van der Waals surface area contributed by atoms with Crippen molar-refractivity contribution in [3.05, 3.63) is 46.7 Å². The van der Waals surface area contributed by atoms with Crippen LogP contribution in [-0.4, -0.2) is 47.3 Å². The van der Waals surface area contributed by atoms with Crippen LogP contribution in [0.4, 0.5) is 0 Å². The lowest BCUT2D eigenvalue weighted by Crippen LogP contribution is -2.43. The van der Waals surface area contributed by atoms with Gasteiger partial charge in [-0.15, -0.1) is 0 Å². The van der Waals surface area contributed by atoms with Crippen LogP contribution in [-0.2, 0) is 16.0 Å². The van der Waals surface area contributed by atoms with Gasteiger partial charge < -0.3 is 14.4 Å². The number of hydrogen-bond donors (Lipinski definition) is 1. The Morgan fingerprint density at radius 2 is 2.10 bits per heavy atom. The molecule has 1 aromatic carbocycles. The highest BCUT2D eigenvalue weighted by molar-refractivity contribution is 6.32. The van der Waals surface area contributed by atoms with Crippen molar-refractivity contribution in [3.8, 4) is 5.75 Å². The molecule has 1 unspecified atom stereocenters. The predicted octanol–water partition coefficient (Wildman–Crippen LogP) is 4.55. The van der Waals surface area contributed by atoms with Gasteiger partial charge in [-0.25, -0.2) is 0 Å². The van der Waals surface area contributed by atoms with E-state index in [9.17, 15) is 4.79 Å². The van der Waals surface area contributed by atoms with Gasteiger partial charge in [-0.05, 0) is 37.0 Å². The van der Waals surface area contributed by atoms with Gasteiger partial charge in [0.05, 0.1) is 30.5 Å². The third-order valence-electron chi connectivity index (χ3n) is 6.05. The van der Waals surface area contributed by atoms with E-state index in [4.69, 9.17) is 21.1 Å². The number of hydrogen-bond acceptors (Lipinski definition) is 4. The first-order valence-corrected chi connectivity index (χ1v) is 11.4. The average molecular weight is 432 g/mol. The number of halogens is 1. The molecule has 1 saturated carbocycles. The number of nitrogens with zero attached hydrogens (tertiary/aromatic N) is 2. The number of para-hydroxylation sites is 1. The van der Waals surface area contributed by atoms with Crippen molar-refractivity contribution in [3.63, 3.8) is 0 Å². The zero-order chi connectivity index (χ0) is 20.8. The Morgan fingerprint density at radius 3 is 2.93 bits per heavy atom. The van der Waals surface area contributed by atoms with E-state index in [-0.39, 0.29) is 12.0 Å². The van der Waals surface area contributed by atoms with Crippen LogP contribution in [0.1, 0.15) is 56.0 Å². The summed E-state index contributed by atoms with van der Waals surface area (Å²) in [6, 6.07) is 9.46. The summed E-state index contributed by atoms with van der Waals surface area (Å²) in [6.07, 6.45) is 7.42. The fourth-order valence-corrected chi connectivity index (χ4v) is 4.52. The maximum atomic E-state index is 12.8. The van der Waals surface area contributed by atoms with Gasteiger partial charge >= 0.3 is 0 Å². The number of rotatable bonds is 7. The van der Waals surface area contributed by atoms with E-state index < -0.39 is 0 Å². The Labute approximate surface area is 182 Å². The first-order chi connectivity index (χ1) is 14.7. The minimum Gasteiger partial charge on any atom is -0.492 e. The molecule has 0 bridgehead atoms. The van der Waals surface area contributed by atoms with Gasteiger partial charge in [-0.3, -0.25) is 9.89 Å². The fraction of sp³-hybridized carbons (Fsp3) is 0.565. The number of amides is 1. The molecule has 1 atom stereocenters. The SMILES string of the molecule is O=C(CC1CCCCC1)N1CCOC(c2cc(CCOc3ccccc3Cl)[nH]n2)C1. The van der Waals surface area contributed by atoms with E-state index in [1.165, 1.54) is 32.1 Å². The van der Waals surface area contributed by atoms with Crippen LogP contribution in [0.2, 0.25) is 5.02 Å². The van der Waals surface area contributed by atoms with Crippen molar-refractivity contribution in [2.45, 2.75) is 51.0 Å². The first kappa shape index (κ1) is 21.2. The molecule has 0 spiro atoms. The number of aromatic amines is 1. The molecule has 6 nitrogen and oxygen atoms in total. The molecular weight excluding hydrogens is 402 g/mol.